The molecule has 0 spiro atoms. The Balaban J connectivity index is 3.04. The molecule has 0 radical (unpaired) electrons. The second-order valence-electron chi connectivity index (χ2n) is 3.24. The number of hydrogen-bond donors (Lipinski definition) is 2. The summed E-state index contributed by atoms with van der Waals surface area (Å²) in [5, 5.41) is 8.70. The molecule has 1 aromatic rings. The average molecular weight is 255 g/mol. The number of anilines is 1. The van der Waals surface area contributed by atoms with Crippen LogP contribution in [0.3, 0.4) is 0 Å². The minimum Gasteiger partial charge on any atom is -0.495 e. The Morgan fingerprint density at radius 1 is 1.53 bits per heavy atom. The SMILES string of the molecule is COc1cc(C#N)ccc1NS(=O)(=O)CCN. The molecule has 0 fully saturated rings. The highest BCUT2D eigenvalue weighted by molar-refractivity contribution is 7.92. The first kappa shape index (κ1) is 13.3. The highest BCUT2D eigenvalue weighted by Crippen LogP contribution is 2.26. The molecule has 0 aliphatic heterocycles. The first-order valence-electron chi connectivity index (χ1n) is 4.81. The standard InChI is InChI=1S/C10H13N3O3S/c1-16-10-6-8(7-12)2-3-9(10)13-17(14,15)5-4-11/h2-3,6,13H,4-5,11H2,1H3. The number of rotatable bonds is 5. The van der Waals surface area contributed by atoms with Crippen LogP contribution in [0.25, 0.3) is 0 Å². The van der Waals surface area contributed by atoms with Crippen molar-refractivity contribution >= 4 is 15.7 Å². The van der Waals surface area contributed by atoms with E-state index < -0.39 is 10.0 Å². The summed E-state index contributed by atoms with van der Waals surface area (Å²) in [6, 6.07) is 6.38. The zero-order chi connectivity index (χ0) is 12.9. The van der Waals surface area contributed by atoms with Gasteiger partial charge in [-0.15, -0.1) is 0 Å². The average Bonchev–Trinajstić information content (AvgIpc) is 2.29. The van der Waals surface area contributed by atoms with Gasteiger partial charge in [-0.25, -0.2) is 8.42 Å². The second-order valence-corrected chi connectivity index (χ2v) is 5.08. The second kappa shape index (κ2) is 5.52. The number of nitrogens with one attached hydrogen (secondary N) is 1. The molecule has 92 valence electrons. The quantitative estimate of drug-likeness (QED) is 0.785. The van der Waals surface area contributed by atoms with Crippen molar-refractivity contribution in [2.45, 2.75) is 0 Å². The monoisotopic (exact) mass is 255 g/mol. The molecule has 1 aromatic carbocycles. The van der Waals surface area contributed by atoms with Gasteiger partial charge in [-0.1, -0.05) is 0 Å². The minimum atomic E-state index is -3.47. The van der Waals surface area contributed by atoms with Gasteiger partial charge in [0.1, 0.15) is 5.75 Å². The maximum Gasteiger partial charge on any atom is 0.234 e. The predicted molar refractivity (Wildman–Crippen MR) is 64.2 cm³/mol. The summed E-state index contributed by atoms with van der Waals surface area (Å²) < 4.78 is 30.4. The van der Waals surface area contributed by atoms with Crippen molar-refractivity contribution in [3.8, 4) is 11.8 Å². The summed E-state index contributed by atoms with van der Waals surface area (Å²) in [7, 11) is -2.07. The van der Waals surface area contributed by atoms with Gasteiger partial charge < -0.3 is 10.5 Å². The molecule has 6 nitrogen and oxygen atoms in total. The summed E-state index contributed by atoms with van der Waals surface area (Å²) in [5.41, 5.74) is 5.87. The molecule has 0 aromatic heterocycles. The Morgan fingerprint density at radius 3 is 2.76 bits per heavy atom. The number of nitrogens with zero attached hydrogens (tertiary/aromatic N) is 1. The van der Waals surface area contributed by atoms with Crippen LogP contribution in [0, 0.1) is 11.3 Å². The van der Waals surface area contributed by atoms with E-state index in [0.29, 0.717) is 17.0 Å². The van der Waals surface area contributed by atoms with Gasteiger partial charge in [0.2, 0.25) is 10.0 Å². The van der Waals surface area contributed by atoms with E-state index in [1.807, 2.05) is 6.07 Å². The van der Waals surface area contributed by atoms with Gasteiger partial charge in [-0.2, -0.15) is 5.26 Å². The van der Waals surface area contributed by atoms with E-state index in [2.05, 4.69) is 4.72 Å². The van der Waals surface area contributed by atoms with Crippen LogP contribution in [-0.4, -0.2) is 27.8 Å². The maximum absolute atomic E-state index is 11.5. The molecule has 1 rings (SSSR count). The smallest absolute Gasteiger partial charge is 0.234 e. The van der Waals surface area contributed by atoms with E-state index >= 15 is 0 Å². The zero-order valence-corrected chi connectivity index (χ0v) is 10.1. The van der Waals surface area contributed by atoms with Crippen molar-refractivity contribution in [3.05, 3.63) is 23.8 Å². The molecule has 0 heterocycles. The molecule has 0 atom stereocenters. The minimum absolute atomic E-state index is 0.0356. The van der Waals surface area contributed by atoms with Crippen LogP contribution in [-0.2, 0) is 10.0 Å². The summed E-state index contributed by atoms with van der Waals surface area (Å²) in [5.74, 6) is 0.125. The molecule has 0 bridgehead atoms. The topological polar surface area (TPSA) is 105 Å². The lowest BCUT2D eigenvalue weighted by Crippen LogP contribution is -2.22. The number of methoxy groups -OCH3 is 1. The van der Waals surface area contributed by atoms with Gasteiger partial charge in [0, 0.05) is 12.6 Å². The summed E-state index contributed by atoms with van der Waals surface area (Å²) in [6.07, 6.45) is 0. The third-order valence-corrected chi connectivity index (χ3v) is 3.29. The molecule has 0 saturated carbocycles. The van der Waals surface area contributed by atoms with Crippen molar-refractivity contribution in [1.82, 2.24) is 0 Å². The Kier molecular flexibility index (Phi) is 4.31. The van der Waals surface area contributed by atoms with Crippen LogP contribution >= 0.6 is 0 Å². The number of hydrogen-bond acceptors (Lipinski definition) is 5. The van der Waals surface area contributed by atoms with Crippen LogP contribution in [0.1, 0.15) is 5.56 Å². The molecule has 17 heavy (non-hydrogen) atoms. The highest BCUT2D eigenvalue weighted by atomic mass is 32.2. The Bertz CT molecular complexity index is 534. The number of nitriles is 1. The lowest BCUT2D eigenvalue weighted by atomic mass is 10.2. The normalized spacial score (nSPS) is 10.6. The summed E-state index contributed by atoms with van der Waals surface area (Å²) in [4.78, 5) is 0. The van der Waals surface area contributed by atoms with Gasteiger partial charge in [-0.05, 0) is 12.1 Å². The predicted octanol–water partition coefficient (Wildman–Crippen LogP) is 0.267. The summed E-state index contributed by atoms with van der Waals surface area (Å²) in [6.45, 7) is 0.0356. The number of benzene rings is 1. The van der Waals surface area contributed by atoms with Gasteiger partial charge in [-0.3, -0.25) is 4.72 Å². The van der Waals surface area contributed by atoms with Crippen molar-refractivity contribution in [3.63, 3.8) is 0 Å². The zero-order valence-electron chi connectivity index (χ0n) is 9.30. The van der Waals surface area contributed by atoms with Crippen molar-refractivity contribution in [2.75, 3.05) is 24.1 Å². The first-order valence-corrected chi connectivity index (χ1v) is 6.46. The third kappa shape index (κ3) is 3.62. The van der Waals surface area contributed by atoms with Crippen molar-refractivity contribution < 1.29 is 13.2 Å². The van der Waals surface area contributed by atoms with Crippen molar-refractivity contribution in [2.24, 2.45) is 5.73 Å². The lowest BCUT2D eigenvalue weighted by molar-refractivity contribution is 0.416. The van der Waals surface area contributed by atoms with E-state index in [-0.39, 0.29) is 12.3 Å². The van der Waals surface area contributed by atoms with Crippen LogP contribution in [0.4, 0.5) is 5.69 Å². The Labute approximate surface area is 100 Å². The lowest BCUT2D eigenvalue weighted by Gasteiger charge is -2.11. The van der Waals surface area contributed by atoms with Gasteiger partial charge in [0.15, 0.2) is 0 Å². The summed E-state index contributed by atoms with van der Waals surface area (Å²) >= 11 is 0. The fourth-order valence-electron chi connectivity index (χ4n) is 1.22. The molecular formula is C10H13N3O3S. The van der Waals surface area contributed by atoms with Crippen LogP contribution in [0.2, 0.25) is 0 Å². The molecule has 0 unspecified atom stereocenters. The van der Waals surface area contributed by atoms with Crippen LogP contribution < -0.4 is 15.2 Å². The highest BCUT2D eigenvalue weighted by Gasteiger charge is 2.12. The fraction of sp³-hybridized carbons (Fsp3) is 0.300. The van der Waals surface area contributed by atoms with E-state index in [4.69, 9.17) is 15.7 Å². The van der Waals surface area contributed by atoms with Gasteiger partial charge in [0.05, 0.1) is 30.2 Å². The number of sulfonamides is 1. The first-order chi connectivity index (χ1) is 8.02. The van der Waals surface area contributed by atoms with Gasteiger partial charge in [0.25, 0.3) is 0 Å². The van der Waals surface area contributed by atoms with Crippen molar-refractivity contribution in [1.29, 1.82) is 5.26 Å². The van der Waals surface area contributed by atoms with Crippen LogP contribution in [0.5, 0.6) is 5.75 Å². The number of ether oxygens (including phenoxy) is 1. The van der Waals surface area contributed by atoms with Gasteiger partial charge >= 0.3 is 0 Å². The van der Waals surface area contributed by atoms with Crippen LogP contribution in [0.15, 0.2) is 18.2 Å². The Hall–Kier alpha value is -1.78. The molecule has 0 aliphatic rings. The third-order valence-electron chi connectivity index (χ3n) is 1.98. The van der Waals surface area contributed by atoms with E-state index in [1.54, 1.807) is 0 Å². The maximum atomic E-state index is 11.5. The van der Waals surface area contributed by atoms with E-state index in [9.17, 15) is 8.42 Å². The molecule has 0 saturated heterocycles. The Morgan fingerprint density at radius 2 is 2.24 bits per heavy atom. The fourth-order valence-corrected chi connectivity index (χ4v) is 2.13. The molecular weight excluding hydrogens is 242 g/mol. The molecule has 0 aliphatic carbocycles. The van der Waals surface area contributed by atoms with E-state index in [0.717, 1.165) is 0 Å². The molecule has 3 N–H and O–H groups in total. The molecule has 7 heteroatoms. The molecule has 0 amide bonds. The number of nitrogens with two attached hydrogens (primary N) is 1. The largest absolute Gasteiger partial charge is 0.495 e. The van der Waals surface area contributed by atoms with E-state index in [1.165, 1.54) is 25.3 Å².